The fraction of sp³-hybridized carbons (Fsp3) is 0.364. The number of carbonyl (C=O) groups is 1. The number of hydrogen-bond acceptors (Lipinski definition) is 6. The van der Waals surface area contributed by atoms with E-state index in [0.29, 0.717) is 17.9 Å². The van der Waals surface area contributed by atoms with Crippen molar-refractivity contribution < 1.29 is 31.5 Å². The zero-order valence-electron chi connectivity index (χ0n) is 18.3. The maximum absolute atomic E-state index is 15.1. The predicted molar refractivity (Wildman–Crippen MR) is 116 cm³/mol. The maximum Gasteiger partial charge on any atom is 0.409 e. The summed E-state index contributed by atoms with van der Waals surface area (Å²) in [5.41, 5.74) is 1.50. The van der Waals surface area contributed by atoms with Gasteiger partial charge in [-0.2, -0.15) is 0 Å². The van der Waals surface area contributed by atoms with E-state index in [4.69, 9.17) is 9.47 Å². The summed E-state index contributed by atoms with van der Waals surface area (Å²) in [6.07, 6.45) is 1.90. The van der Waals surface area contributed by atoms with E-state index in [0.717, 1.165) is 24.0 Å². The van der Waals surface area contributed by atoms with Crippen LogP contribution >= 0.6 is 0 Å². The van der Waals surface area contributed by atoms with Gasteiger partial charge in [0.05, 0.1) is 48.2 Å². The van der Waals surface area contributed by atoms with Crippen LogP contribution in [0.15, 0.2) is 35.4 Å². The molecule has 1 aromatic carbocycles. The van der Waals surface area contributed by atoms with Gasteiger partial charge in [-0.05, 0) is 36.8 Å². The predicted octanol–water partition coefficient (Wildman–Crippen LogP) is 3.00. The highest BCUT2D eigenvalue weighted by Gasteiger charge is 2.29. The molecule has 1 fully saturated rings. The van der Waals surface area contributed by atoms with Crippen LogP contribution in [0.1, 0.15) is 11.3 Å². The lowest BCUT2D eigenvalue weighted by Gasteiger charge is -2.32. The van der Waals surface area contributed by atoms with Gasteiger partial charge < -0.3 is 18.8 Å². The van der Waals surface area contributed by atoms with E-state index in [9.17, 15) is 13.2 Å². The van der Waals surface area contributed by atoms with Crippen molar-refractivity contribution in [1.82, 2.24) is 14.3 Å². The first-order valence-corrected chi connectivity index (χ1v) is 12.1. The summed E-state index contributed by atoms with van der Waals surface area (Å²) in [6, 6.07) is 5.20. The Kier molecular flexibility index (Phi) is 6.10. The average molecular weight is 480 g/mol. The third-order valence-electron chi connectivity index (χ3n) is 5.55. The summed E-state index contributed by atoms with van der Waals surface area (Å²) in [4.78, 5) is 17.5. The zero-order chi connectivity index (χ0) is 23.9. The fourth-order valence-corrected chi connectivity index (χ4v) is 4.57. The third-order valence-corrected chi connectivity index (χ3v) is 6.65. The molecule has 2 aromatic heterocycles. The molecule has 1 aliphatic rings. The zero-order valence-corrected chi connectivity index (χ0v) is 19.2. The van der Waals surface area contributed by atoms with Gasteiger partial charge >= 0.3 is 6.09 Å². The van der Waals surface area contributed by atoms with Crippen LogP contribution in [0.25, 0.3) is 16.9 Å². The van der Waals surface area contributed by atoms with Gasteiger partial charge in [0.25, 0.3) is 0 Å². The van der Waals surface area contributed by atoms with Gasteiger partial charge in [0.1, 0.15) is 17.3 Å². The van der Waals surface area contributed by atoms with E-state index in [2.05, 4.69) is 4.98 Å². The summed E-state index contributed by atoms with van der Waals surface area (Å²) in [7, 11) is -2.51. The van der Waals surface area contributed by atoms with Crippen molar-refractivity contribution in [3.63, 3.8) is 0 Å². The van der Waals surface area contributed by atoms with Crippen LogP contribution in [0.3, 0.4) is 0 Å². The number of aryl methyl sites for hydroxylation is 1. The second-order valence-electron chi connectivity index (χ2n) is 7.99. The van der Waals surface area contributed by atoms with Gasteiger partial charge in [-0.3, -0.25) is 0 Å². The number of halogens is 2. The van der Waals surface area contributed by atoms with Crippen molar-refractivity contribution in [2.45, 2.75) is 24.3 Å². The second-order valence-corrected chi connectivity index (χ2v) is 10.0. The Morgan fingerprint density at radius 3 is 2.61 bits per heavy atom. The molecule has 8 nitrogen and oxygen atoms in total. The van der Waals surface area contributed by atoms with Crippen molar-refractivity contribution in [2.75, 3.05) is 33.1 Å². The first-order chi connectivity index (χ1) is 15.6. The number of aromatic nitrogens is 2. The molecule has 3 aromatic rings. The molecular formula is C22H23F2N3O5S. The Morgan fingerprint density at radius 2 is 1.97 bits per heavy atom. The number of fused-ring (bicyclic) bond motifs is 1. The number of sulfone groups is 1. The summed E-state index contributed by atoms with van der Waals surface area (Å²) in [5, 5.41) is 0. The number of benzene rings is 1. The van der Waals surface area contributed by atoms with Gasteiger partial charge in [0, 0.05) is 25.4 Å². The summed E-state index contributed by atoms with van der Waals surface area (Å²) >= 11 is 0. The minimum Gasteiger partial charge on any atom is -0.453 e. The normalized spacial score (nSPS) is 16.9. The fourth-order valence-electron chi connectivity index (χ4n) is 3.94. The number of pyridine rings is 1. The lowest BCUT2D eigenvalue weighted by atomic mass is 10.0. The quantitative estimate of drug-likeness (QED) is 0.572. The number of nitrogens with zero attached hydrogens (tertiary/aromatic N) is 3. The largest absolute Gasteiger partial charge is 0.453 e. The number of carbonyl (C=O) groups excluding carboxylic acids is 1. The van der Waals surface area contributed by atoms with Crippen molar-refractivity contribution in [1.29, 1.82) is 0 Å². The molecule has 0 N–H and O–H groups in total. The third kappa shape index (κ3) is 4.55. The van der Waals surface area contributed by atoms with Crippen LogP contribution in [0.5, 0.6) is 0 Å². The smallest absolute Gasteiger partial charge is 0.409 e. The molecule has 176 valence electrons. The molecule has 0 bridgehead atoms. The Hall–Kier alpha value is -3.05. The van der Waals surface area contributed by atoms with Gasteiger partial charge in [-0.25, -0.2) is 27.0 Å². The van der Waals surface area contributed by atoms with Gasteiger partial charge in [-0.1, -0.05) is 0 Å². The molecule has 0 aliphatic carbocycles. The molecule has 1 saturated heterocycles. The number of amides is 1. The topological polar surface area (TPSA) is 90.2 Å². The molecule has 11 heteroatoms. The van der Waals surface area contributed by atoms with Crippen LogP contribution in [-0.2, 0) is 25.7 Å². The summed E-state index contributed by atoms with van der Waals surface area (Å²) in [5.74, 6) is -2.06. The molecular weight excluding hydrogens is 456 g/mol. The first-order valence-electron chi connectivity index (χ1n) is 10.2. The van der Waals surface area contributed by atoms with Crippen LogP contribution in [0.2, 0.25) is 0 Å². The first kappa shape index (κ1) is 23.1. The Morgan fingerprint density at radius 1 is 1.27 bits per heavy atom. The van der Waals surface area contributed by atoms with Gasteiger partial charge in [-0.15, -0.1) is 0 Å². The number of ether oxygens (including phenoxy) is 2. The molecule has 3 heterocycles. The molecule has 1 atom stereocenters. The van der Waals surface area contributed by atoms with E-state index in [1.54, 1.807) is 16.7 Å². The molecule has 0 saturated carbocycles. The molecule has 0 spiro atoms. The number of morpholine rings is 1. The van der Waals surface area contributed by atoms with E-state index in [1.165, 1.54) is 12.0 Å². The molecule has 0 unspecified atom stereocenters. The van der Waals surface area contributed by atoms with Crippen LogP contribution < -0.4 is 0 Å². The van der Waals surface area contributed by atoms with E-state index in [1.807, 2.05) is 13.0 Å². The van der Waals surface area contributed by atoms with Crippen LogP contribution in [-0.4, -0.2) is 68.0 Å². The highest BCUT2D eigenvalue weighted by Crippen LogP contribution is 2.33. The molecule has 4 rings (SSSR count). The standard InChI is InChI=1S/C22H23F2N3O5S/c1-13-4-5-27-18(9-14-12-26(6-7-32-14)22(28)31-2)21(25-19(27)8-13)20-16(23)10-15(11-17(20)24)33(3,29)30/h4-5,8,10-11,14H,6-7,9,12H2,1-3H3/t14-/m0/s1. The van der Waals surface area contributed by atoms with Crippen molar-refractivity contribution in [3.05, 3.63) is 53.4 Å². The number of hydrogen-bond donors (Lipinski definition) is 0. The molecule has 1 amide bonds. The lowest BCUT2D eigenvalue weighted by Crippen LogP contribution is -2.46. The SMILES string of the molecule is COC(=O)N1CCO[C@@H](Cc2c(-c3c(F)cc(S(C)(=O)=O)cc3F)nc3cc(C)ccn23)C1. The van der Waals surface area contributed by atoms with Crippen molar-refractivity contribution >= 4 is 21.6 Å². The highest BCUT2D eigenvalue weighted by molar-refractivity contribution is 7.90. The van der Waals surface area contributed by atoms with Gasteiger partial charge in [0.15, 0.2) is 9.84 Å². The molecule has 0 radical (unpaired) electrons. The van der Waals surface area contributed by atoms with E-state index in [-0.39, 0.29) is 25.3 Å². The number of imidazole rings is 1. The Labute approximate surface area is 189 Å². The van der Waals surface area contributed by atoms with Crippen LogP contribution in [0, 0.1) is 18.6 Å². The van der Waals surface area contributed by atoms with Gasteiger partial charge in [0.2, 0.25) is 0 Å². The average Bonchev–Trinajstić information content (AvgIpc) is 3.09. The molecule has 33 heavy (non-hydrogen) atoms. The summed E-state index contributed by atoms with van der Waals surface area (Å²) < 4.78 is 66.0. The minimum absolute atomic E-state index is 0.0504. The van der Waals surface area contributed by atoms with E-state index >= 15 is 8.78 Å². The monoisotopic (exact) mass is 479 g/mol. The Bertz CT molecular complexity index is 1320. The summed E-state index contributed by atoms with van der Waals surface area (Å²) in [6.45, 7) is 2.77. The lowest BCUT2D eigenvalue weighted by molar-refractivity contribution is -0.0241. The second kappa shape index (κ2) is 8.71. The Balaban J connectivity index is 1.82. The minimum atomic E-state index is -3.80. The highest BCUT2D eigenvalue weighted by atomic mass is 32.2. The molecule has 1 aliphatic heterocycles. The van der Waals surface area contributed by atoms with Crippen molar-refractivity contribution in [2.24, 2.45) is 0 Å². The number of rotatable bonds is 4. The van der Waals surface area contributed by atoms with Crippen molar-refractivity contribution in [3.8, 4) is 11.3 Å². The van der Waals surface area contributed by atoms with E-state index < -0.39 is 44.1 Å². The van der Waals surface area contributed by atoms with Crippen LogP contribution in [0.4, 0.5) is 13.6 Å². The number of methoxy groups -OCH3 is 1. The maximum atomic E-state index is 15.1.